The van der Waals surface area contributed by atoms with Crippen LogP contribution >= 0.6 is 0 Å². The summed E-state index contributed by atoms with van der Waals surface area (Å²) in [5, 5.41) is 0. The summed E-state index contributed by atoms with van der Waals surface area (Å²) in [5.74, 6) is 0. The summed E-state index contributed by atoms with van der Waals surface area (Å²) in [4.78, 5) is 0. The van der Waals surface area contributed by atoms with Gasteiger partial charge < -0.3 is 9.32 Å². The second kappa shape index (κ2) is 4.91. The summed E-state index contributed by atoms with van der Waals surface area (Å²) in [6.45, 7) is 0. The van der Waals surface area contributed by atoms with E-state index in [1.807, 2.05) is 0 Å². The predicted octanol–water partition coefficient (Wildman–Crippen LogP) is -2.94. The van der Waals surface area contributed by atoms with Crippen LogP contribution in [0.15, 0.2) is 0 Å². The van der Waals surface area contributed by atoms with Gasteiger partial charge in [-0.25, -0.2) is 0 Å². The minimum Gasteiger partial charge on any atom is -0.321 e. The van der Waals surface area contributed by atoms with Gasteiger partial charge in [0.1, 0.15) is 0 Å². The van der Waals surface area contributed by atoms with Crippen molar-refractivity contribution in [1.82, 2.24) is 0 Å². The standard InChI is InChI=1S/Au.ClHO3/c;2-1(3)4/h;2H/q+1;. The van der Waals surface area contributed by atoms with Gasteiger partial charge in [-0.3, -0.25) is 0 Å². The van der Waals surface area contributed by atoms with E-state index in [1.54, 1.807) is 0 Å². The molecule has 0 aromatic carbocycles. The van der Waals surface area contributed by atoms with E-state index in [9.17, 15) is 0 Å². The fourth-order valence-electron chi connectivity index (χ4n) is 0. The first-order valence-corrected chi connectivity index (χ1v) is 1.43. The molecule has 5 heavy (non-hydrogen) atoms. The summed E-state index contributed by atoms with van der Waals surface area (Å²) in [5.41, 5.74) is 0. The number of hydrogen-bond acceptors (Lipinski definition) is 3. The Morgan fingerprint density at radius 3 is 1.40 bits per heavy atom. The van der Waals surface area contributed by atoms with E-state index in [0.29, 0.717) is 0 Å². The van der Waals surface area contributed by atoms with Crippen LogP contribution in [0.4, 0.5) is 0 Å². The second-order valence-corrected chi connectivity index (χ2v) is 0.603. The first-order valence-electron chi connectivity index (χ1n) is 0.478. The molecule has 0 rings (SSSR count). The Balaban J connectivity index is 0. The zero-order valence-corrected chi connectivity index (χ0v) is 4.87. The SMILES string of the molecule is [Au+].[O-][Cl+2]([O-])O. The van der Waals surface area contributed by atoms with Crippen LogP contribution in [-0.2, 0) is 22.4 Å². The predicted molar refractivity (Wildman–Crippen MR) is 2.22 cm³/mol. The molecule has 0 unspecified atom stereocenters. The van der Waals surface area contributed by atoms with Crippen molar-refractivity contribution in [3.8, 4) is 0 Å². The van der Waals surface area contributed by atoms with Crippen LogP contribution < -0.4 is 9.32 Å². The van der Waals surface area contributed by atoms with Crippen molar-refractivity contribution in [2.45, 2.75) is 0 Å². The summed E-state index contributed by atoms with van der Waals surface area (Å²) < 4.78 is 24.0. The molecule has 5 heteroatoms. The molecule has 0 aliphatic rings. The molecule has 0 amide bonds. The third-order valence-corrected chi connectivity index (χ3v) is 0. The fourth-order valence-corrected chi connectivity index (χ4v) is 0. The number of hydrogen-bond donors (Lipinski definition) is 1. The Labute approximate surface area is 47.5 Å². The molecule has 0 bridgehead atoms. The molecule has 1 N–H and O–H groups in total. The van der Waals surface area contributed by atoms with Crippen LogP contribution in [-0.4, -0.2) is 4.66 Å². The molecule has 36 valence electrons. The zero-order chi connectivity index (χ0) is 3.58. The Bertz CT molecular complexity index is 11.6. The number of rotatable bonds is 0. The molecule has 0 radical (unpaired) electrons. The van der Waals surface area contributed by atoms with Gasteiger partial charge >= 0.3 is 22.4 Å². The van der Waals surface area contributed by atoms with Gasteiger partial charge in [0, 0.05) is 4.66 Å². The van der Waals surface area contributed by atoms with Crippen LogP contribution in [0.5, 0.6) is 0 Å². The molecule has 0 aliphatic heterocycles. The normalized spacial score (nSPS) is 7.20. The van der Waals surface area contributed by atoms with Crippen molar-refractivity contribution in [2.75, 3.05) is 0 Å². The average Bonchev–Trinajstić information content (AvgIpc) is 0.811. The van der Waals surface area contributed by atoms with Gasteiger partial charge in [0.05, 0.1) is 0 Å². The quantitative estimate of drug-likeness (QED) is 0.483. The van der Waals surface area contributed by atoms with Crippen molar-refractivity contribution in [3.05, 3.63) is 0 Å². The Kier molecular flexibility index (Phi) is 9.15. The minimum absolute atomic E-state index is 0. The topological polar surface area (TPSA) is 66.3 Å². The molecular formula is HAuClO3+. The van der Waals surface area contributed by atoms with Crippen molar-refractivity contribution in [2.24, 2.45) is 0 Å². The van der Waals surface area contributed by atoms with Crippen molar-refractivity contribution < 1.29 is 47.1 Å². The van der Waals surface area contributed by atoms with Crippen LogP contribution in [0, 0.1) is 10.8 Å². The smallest absolute Gasteiger partial charge is 0.321 e. The Morgan fingerprint density at radius 2 is 1.40 bits per heavy atom. The molecule has 0 atom stereocenters. The van der Waals surface area contributed by atoms with E-state index < -0.39 is 10.8 Å². The third-order valence-electron chi connectivity index (χ3n) is 0. The van der Waals surface area contributed by atoms with Crippen molar-refractivity contribution in [3.63, 3.8) is 0 Å². The fraction of sp³-hybridized carbons (Fsp3) is 0. The maximum absolute atomic E-state index is 8.52. The van der Waals surface area contributed by atoms with Crippen molar-refractivity contribution >= 4 is 0 Å². The molecule has 0 aliphatic carbocycles. The molecule has 0 fully saturated rings. The van der Waals surface area contributed by atoms with E-state index in [4.69, 9.17) is 14.0 Å². The number of halogens is 1. The molecule has 0 saturated carbocycles. The van der Waals surface area contributed by atoms with Crippen LogP contribution in [0.1, 0.15) is 0 Å². The minimum atomic E-state index is -2.60. The van der Waals surface area contributed by atoms with E-state index >= 15 is 0 Å². The van der Waals surface area contributed by atoms with E-state index in [1.165, 1.54) is 0 Å². The molecule has 3 nitrogen and oxygen atoms in total. The maximum Gasteiger partial charge on any atom is 1.00 e. The molecule has 0 aromatic rings. The van der Waals surface area contributed by atoms with Gasteiger partial charge in [0.2, 0.25) is 0 Å². The largest absolute Gasteiger partial charge is 1.00 e. The first kappa shape index (κ1) is 9.32. The molecule has 0 spiro atoms. The summed E-state index contributed by atoms with van der Waals surface area (Å²) in [6.07, 6.45) is 0. The van der Waals surface area contributed by atoms with Gasteiger partial charge in [-0.05, 0) is 0 Å². The second-order valence-electron chi connectivity index (χ2n) is 0.201. The molecule has 0 aromatic heterocycles. The van der Waals surface area contributed by atoms with E-state index in [0.717, 1.165) is 0 Å². The van der Waals surface area contributed by atoms with E-state index in [2.05, 4.69) is 0 Å². The summed E-state index contributed by atoms with van der Waals surface area (Å²) in [7, 11) is -2.60. The summed E-state index contributed by atoms with van der Waals surface area (Å²) >= 11 is 0. The maximum atomic E-state index is 8.52. The van der Waals surface area contributed by atoms with E-state index in [-0.39, 0.29) is 22.4 Å². The van der Waals surface area contributed by atoms with Gasteiger partial charge in [-0.2, -0.15) is 0 Å². The molecule has 0 heterocycles. The third kappa shape index (κ3) is 50.2. The first-order chi connectivity index (χ1) is 1.73. The van der Waals surface area contributed by atoms with Gasteiger partial charge in [0.15, 0.2) is 0 Å². The Morgan fingerprint density at radius 1 is 1.40 bits per heavy atom. The monoisotopic (exact) mass is 281 g/mol. The Hall–Kier alpha value is 0.910. The zero-order valence-electron chi connectivity index (χ0n) is 1.94. The molecule has 0 saturated heterocycles. The van der Waals surface area contributed by atoms with Gasteiger partial charge in [-0.15, -0.1) is 0 Å². The van der Waals surface area contributed by atoms with Crippen LogP contribution in [0.2, 0.25) is 0 Å². The average molecular weight is 281 g/mol. The van der Waals surface area contributed by atoms with Crippen LogP contribution in [0.25, 0.3) is 0 Å². The molecular weight excluding hydrogens is 280 g/mol. The van der Waals surface area contributed by atoms with Crippen molar-refractivity contribution in [1.29, 1.82) is 0 Å². The van der Waals surface area contributed by atoms with Gasteiger partial charge in [-0.1, -0.05) is 0 Å². The van der Waals surface area contributed by atoms with Crippen LogP contribution in [0.3, 0.4) is 0 Å². The van der Waals surface area contributed by atoms with Gasteiger partial charge in [0.25, 0.3) is 10.8 Å². The summed E-state index contributed by atoms with van der Waals surface area (Å²) in [6, 6.07) is 0.